The third kappa shape index (κ3) is 6.29. The van der Waals surface area contributed by atoms with Gasteiger partial charge in [-0.1, -0.05) is 23.7 Å². The van der Waals surface area contributed by atoms with Crippen molar-refractivity contribution in [3.63, 3.8) is 0 Å². The summed E-state index contributed by atoms with van der Waals surface area (Å²) in [7, 11) is 1.56. The molecule has 0 aromatic heterocycles. The monoisotopic (exact) mass is 398 g/mol. The van der Waals surface area contributed by atoms with Crippen molar-refractivity contribution in [1.29, 1.82) is 0 Å². The summed E-state index contributed by atoms with van der Waals surface area (Å²) in [4.78, 5) is 25.5. The third-order valence-electron chi connectivity index (χ3n) is 3.86. The molecule has 0 aliphatic carbocycles. The maximum Gasteiger partial charge on any atom is 0.416 e. The Labute approximate surface area is 159 Å². The fourth-order valence-corrected chi connectivity index (χ4v) is 2.46. The molecule has 0 bridgehead atoms. The largest absolute Gasteiger partial charge is 0.416 e. The SMILES string of the molecule is CN(Cc1ccc(C(F)(F)F)cc1)C(=O)CCNC(=O)c1ccc(Cl)cc1. The molecule has 0 fully saturated rings. The molecule has 0 saturated heterocycles. The van der Waals surface area contributed by atoms with Crippen molar-refractivity contribution < 1.29 is 22.8 Å². The van der Waals surface area contributed by atoms with E-state index in [0.717, 1.165) is 12.1 Å². The summed E-state index contributed by atoms with van der Waals surface area (Å²) < 4.78 is 37.7. The van der Waals surface area contributed by atoms with Crippen LogP contribution in [0.3, 0.4) is 0 Å². The van der Waals surface area contributed by atoms with E-state index in [4.69, 9.17) is 11.6 Å². The first-order valence-corrected chi connectivity index (χ1v) is 8.48. The lowest BCUT2D eigenvalue weighted by Crippen LogP contribution is -2.31. The van der Waals surface area contributed by atoms with Crippen LogP contribution in [-0.4, -0.2) is 30.3 Å². The van der Waals surface area contributed by atoms with Crippen LogP contribution in [0.5, 0.6) is 0 Å². The molecule has 0 saturated carbocycles. The van der Waals surface area contributed by atoms with Crippen LogP contribution in [0, 0.1) is 0 Å². The molecule has 0 aliphatic heterocycles. The Hall–Kier alpha value is -2.54. The Bertz CT molecular complexity index is 790. The highest BCUT2D eigenvalue weighted by Gasteiger charge is 2.29. The van der Waals surface area contributed by atoms with E-state index in [1.165, 1.54) is 17.0 Å². The Kier molecular flexibility index (Phi) is 6.85. The van der Waals surface area contributed by atoms with Crippen molar-refractivity contribution in [2.75, 3.05) is 13.6 Å². The van der Waals surface area contributed by atoms with Crippen LogP contribution < -0.4 is 5.32 Å². The standard InChI is InChI=1S/C19H18ClF3N2O2/c1-25(12-13-2-6-15(7-3-13)19(21,22)23)17(26)10-11-24-18(27)14-4-8-16(20)9-5-14/h2-9H,10-12H2,1H3,(H,24,27). The van der Waals surface area contributed by atoms with Crippen LogP contribution >= 0.6 is 11.6 Å². The molecule has 0 heterocycles. The number of carbonyl (C=O) groups excluding carboxylic acids is 2. The average molecular weight is 399 g/mol. The Morgan fingerprint density at radius 3 is 2.19 bits per heavy atom. The molecule has 0 spiro atoms. The van der Waals surface area contributed by atoms with Gasteiger partial charge in [-0.3, -0.25) is 9.59 Å². The first kappa shape index (κ1) is 20.8. The summed E-state index contributed by atoms with van der Waals surface area (Å²) in [6.07, 6.45) is -4.31. The second-order valence-electron chi connectivity index (χ2n) is 5.96. The number of benzene rings is 2. The molecule has 2 aromatic carbocycles. The number of carbonyl (C=O) groups is 2. The third-order valence-corrected chi connectivity index (χ3v) is 4.11. The minimum atomic E-state index is -4.39. The summed E-state index contributed by atoms with van der Waals surface area (Å²) in [5, 5.41) is 3.16. The lowest BCUT2D eigenvalue weighted by molar-refractivity contribution is -0.137. The van der Waals surface area contributed by atoms with Gasteiger partial charge in [-0.05, 0) is 42.0 Å². The van der Waals surface area contributed by atoms with Gasteiger partial charge < -0.3 is 10.2 Å². The lowest BCUT2D eigenvalue weighted by atomic mass is 10.1. The number of halogens is 4. The predicted molar refractivity (Wildman–Crippen MR) is 96.3 cm³/mol. The van der Waals surface area contributed by atoms with Crippen LogP contribution in [0.15, 0.2) is 48.5 Å². The van der Waals surface area contributed by atoms with E-state index in [1.807, 2.05) is 0 Å². The highest BCUT2D eigenvalue weighted by atomic mass is 35.5. The molecule has 2 amide bonds. The Morgan fingerprint density at radius 2 is 1.63 bits per heavy atom. The van der Waals surface area contributed by atoms with E-state index in [0.29, 0.717) is 16.1 Å². The molecule has 1 N–H and O–H groups in total. The molecule has 0 aliphatic rings. The molecule has 0 atom stereocenters. The van der Waals surface area contributed by atoms with Crippen LogP contribution in [0.4, 0.5) is 13.2 Å². The minimum Gasteiger partial charge on any atom is -0.352 e. The van der Waals surface area contributed by atoms with Gasteiger partial charge in [0, 0.05) is 37.1 Å². The molecule has 0 unspecified atom stereocenters. The molecule has 0 radical (unpaired) electrons. The Balaban J connectivity index is 1.80. The van der Waals surface area contributed by atoms with Gasteiger partial charge in [-0.15, -0.1) is 0 Å². The first-order chi connectivity index (χ1) is 12.7. The van der Waals surface area contributed by atoms with E-state index in [-0.39, 0.29) is 31.3 Å². The number of nitrogens with zero attached hydrogens (tertiary/aromatic N) is 1. The van der Waals surface area contributed by atoms with Gasteiger partial charge in [-0.25, -0.2) is 0 Å². The van der Waals surface area contributed by atoms with Crippen molar-refractivity contribution >= 4 is 23.4 Å². The molecule has 27 heavy (non-hydrogen) atoms. The highest BCUT2D eigenvalue weighted by Crippen LogP contribution is 2.29. The molecule has 144 valence electrons. The molecule has 2 aromatic rings. The van der Waals surface area contributed by atoms with E-state index in [9.17, 15) is 22.8 Å². The normalized spacial score (nSPS) is 11.1. The maximum absolute atomic E-state index is 12.6. The number of nitrogens with one attached hydrogen (secondary N) is 1. The van der Waals surface area contributed by atoms with Crippen molar-refractivity contribution in [3.05, 3.63) is 70.2 Å². The quantitative estimate of drug-likeness (QED) is 0.795. The number of hydrogen-bond donors (Lipinski definition) is 1. The second-order valence-corrected chi connectivity index (χ2v) is 6.39. The average Bonchev–Trinajstić information content (AvgIpc) is 2.61. The smallest absolute Gasteiger partial charge is 0.352 e. The van der Waals surface area contributed by atoms with E-state index in [2.05, 4.69) is 5.32 Å². The van der Waals surface area contributed by atoms with Gasteiger partial charge in [0.05, 0.1) is 5.56 Å². The van der Waals surface area contributed by atoms with Crippen molar-refractivity contribution in [2.45, 2.75) is 19.1 Å². The van der Waals surface area contributed by atoms with Gasteiger partial charge in [0.15, 0.2) is 0 Å². The van der Waals surface area contributed by atoms with Crippen LogP contribution in [0.1, 0.15) is 27.9 Å². The van der Waals surface area contributed by atoms with Crippen LogP contribution in [0.25, 0.3) is 0 Å². The fraction of sp³-hybridized carbons (Fsp3) is 0.263. The molecular weight excluding hydrogens is 381 g/mol. The lowest BCUT2D eigenvalue weighted by Gasteiger charge is -2.18. The van der Waals surface area contributed by atoms with Crippen molar-refractivity contribution in [2.24, 2.45) is 0 Å². The minimum absolute atomic E-state index is 0.0798. The second kappa shape index (κ2) is 8.90. The summed E-state index contributed by atoms with van der Waals surface area (Å²) in [6, 6.07) is 11.0. The molecule has 4 nitrogen and oxygen atoms in total. The van der Waals surface area contributed by atoms with Crippen LogP contribution in [0.2, 0.25) is 5.02 Å². The van der Waals surface area contributed by atoms with Gasteiger partial charge in [-0.2, -0.15) is 13.2 Å². The van der Waals surface area contributed by atoms with E-state index in [1.54, 1.807) is 31.3 Å². The summed E-state index contributed by atoms with van der Waals surface area (Å²) >= 11 is 5.76. The number of amides is 2. The van der Waals surface area contributed by atoms with Crippen LogP contribution in [-0.2, 0) is 17.5 Å². The number of alkyl halides is 3. The van der Waals surface area contributed by atoms with Gasteiger partial charge in [0.2, 0.25) is 5.91 Å². The predicted octanol–water partition coefficient (Wildman–Crippen LogP) is 4.14. The molecule has 2 rings (SSSR count). The van der Waals surface area contributed by atoms with Gasteiger partial charge in [0.1, 0.15) is 0 Å². The zero-order valence-electron chi connectivity index (χ0n) is 14.5. The van der Waals surface area contributed by atoms with Crippen molar-refractivity contribution in [1.82, 2.24) is 10.2 Å². The van der Waals surface area contributed by atoms with E-state index < -0.39 is 11.7 Å². The number of hydrogen-bond acceptors (Lipinski definition) is 2. The van der Waals surface area contributed by atoms with E-state index >= 15 is 0 Å². The Morgan fingerprint density at radius 1 is 1.04 bits per heavy atom. The van der Waals surface area contributed by atoms with Crippen molar-refractivity contribution in [3.8, 4) is 0 Å². The summed E-state index contributed by atoms with van der Waals surface area (Å²) in [5.41, 5.74) is 0.291. The fourth-order valence-electron chi connectivity index (χ4n) is 2.34. The summed E-state index contributed by atoms with van der Waals surface area (Å²) in [6.45, 7) is 0.333. The van der Waals surface area contributed by atoms with Gasteiger partial charge >= 0.3 is 6.18 Å². The summed E-state index contributed by atoms with van der Waals surface area (Å²) in [5.74, 6) is -0.545. The highest BCUT2D eigenvalue weighted by molar-refractivity contribution is 6.30. The maximum atomic E-state index is 12.6. The zero-order valence-corrected chi connectivity index (χ0v) is 15.3. The number of rotatable bonds is 6. The molecular formula is C19H18ClF3N2O2. The topological polar surface area (TPSA) is 49.4 Å². The zero-order chi connectivity index (χ0) is 20.0. The first-order valence-electron chi connectivity index (χ1n) is 8.10. The van der Waals surface area contributed by atoms with Gasteiger partial charge in [0.25, 0.3) is 5.91 Å². The molecule has 8 heteroatoms.